The van der Waals surface area contributed by atoms with Crippen LogP contribution in [-0.4, -0.2) is 176 Å². The van der Waals surface area contributed by atoms with E-state index in [2.05, 4.69) is 21.3 Å². The number of esters is 3. The number of amides is 4. The molecule has 0 aromatic heterocycles. The first-order chi connectivity index (χ1) is 28.7. The Balaban J connectivity index is 4.30. The second kappa shape index (κ2) is 34.2. The number of aliphatic hydroxyl groups excluding tert-OH is 1. The van der Waals surface area contributed by atoms with Crippen LogP contribution in [0.2, 0.25) is 0 Å². The fraction of sp³-hybridized carbons (Fsp3) is 0.878. The summed E-state index contributed by atoms with van der Waals surface area (Å²) < 4.78 is 54.0. The number of carbonyl (C=O) groups excluding carboxylic acids is 5. The van der Waals surface area contributed by atoms with Crippen LogP contribution in [0.15, 0.2) is 0 Å². The number of hydrogen-bond acceptors (Lipinski definition) is 16. The van der Waals surface area contributed by atoms with E-state index in [1.54, 1.807) is 62.3 Å². The van der Waals surface area contributed by atoms with Crippen molar-refractivity contribution in [2.24, 2.45) is 0 Å². The highest BCUT2D eigenvalue weighted by Crippen LogP contribution is 2.15. The number of ether oxygens (including phenoxy) is 10. The summed E-state index contributed by atoms with van der Waals surface area (Å²) in [7, 11) is 0. The predicted octanol–water partition coefficient (Wildman–Crippen LogP) is 2.41. The highest BCUT2D eigenvalue weighted by atomic mass is 16.6. The van der Waals surface area contributed by atoms with Crippen molar-refractivity contribution in [3.8, 4) is 0 Å². The van der Waals surface area contributed by atoms with Crippen molar-refractivity contribution in [1.82, 2.24) is 21.3 Å². The van der Waals surface area contributed by atoms with Crippen molar-refractivity contribution in [2.45, 2.75) is 123 Å². The van der Waals surface area contributed by atoms with Gasteiger partial charge in [-0.3, -0.25) is 4.79 Å². The first-order valence-corrected chi connectivity index (χ1v) is 21.1. The Morgan fingerprint density at radius 1 is 0.443 bits per heavy atom. The van der Waals surface area contributed by atoms with Gasteiger partial charge in [-0.1, -0.05) is 0 Å². The lowest BCUT2D eigenvalue weighted by atomic mass is 10.1. The van der Waals surface area contributed by atoms with Crippen molar-refractivity contribution < 1.29 is 76.4 Å². The van der Waals surface area contributed by atoms with Crippen LogP contribution in [0.1, 0.15) is 94.4 Å². The molecule has 0 aromatic carbocycles. The topological polar surface area (TPSA) is 246 Å². The third kappa shape index (κ3) is 39.2. The summed E-state index contributed by atoms with van der Waals surface area (Å²) in [5.41, 5.74) is -2.40. The molecule has 2 atom stereocenters. The Bertz CT molecular complexity index is 1190. The number of urea groups is 2. The summed E-state index contributed by atoms with van der Waals surface area (Å²) in [6, 6.07) is -3.44. The lowest BCUT2D eigenvalue weighted by molar-refractivity contribution is -0.159. The molecule has 20 heteroatoms. The van der Waals surface area contributed by atoms with Crippen LogP contribution in [0.5, 0.6) is 0 Å². The van der Waals surface area contributed by atoms with Crippen molar-refractivity contribution >= 4 is 30.0 Å². The molecule has 4 amide bonds. The van der Waals surface area contributed by atoms with E-state index in [1.165, 1.54) is 0 Å². The Hall–Kier alpha value is -3.37. The molecule has 0 radical (unpaired) electrons. The molecule has 0 aromatic rings. The third-order valence-corrected chi connectivity index (χ3v) is 7.26. The zero-order valence-corrected chi connectivity index (χ0v) is 38.3. The minimum Gasteiger partial charge on any atom is -0.460 e. The van der Waals surface area contributed by atoms with E-state index in [1.807, 2.05) is 0 Å². The molecule has 0 saturated carbocycles. The Kier molecular flexibility index (Phi) is 32.3. The van der Waals surface area contributed by atoms with Crippen LogP contribution in [0.4, 0.5) is 9.59 Å². The average Bonchev–Trinajstić information content (AvgIpc) is 3.14. The number of carbonyl (C=O) groups is 5. The second-order valence-electron chi connectivity index (χ2n) is 16.6. The van der Waals surface area contributed by atoms with Gasteiger partial charge in [0.05, 0.1) is 99.1 Å². The van der Waals surface area contributed by atoms with Gasteiger partial charge in [-0.15, -0.1) is 0 Å². The van der Waals surface area contributed by atoms with E-state index in [4.69, 9.17) is 52.5 Å². The Morgan fingerprint density at radius 3 is 1.20 bits per heavy atom. The van der Waals surface area contributed by atoms with Gasteiger partial charge < -0.3 is 73.7 Å². The van der Waals surface area contributed by atoms with Crippen molar-refractivity contribution in [1.29, 1.82) is 0 Å². The molecule has 0 bridgehead atoms. The van der Waals surface area contributed by atoms with Gasteiger partial charge in [-0.2, -0.15) is 0 Å². The van der Waals surface area contributed by atoms with Gasteiger partial charge in [-0.25, -0.2) is 19.2 Å². The van der Waals surface area contributed by atoms with E-state index >= 15 is 0 Å². The first-order valence-electron chi connectivity index (χ1n) is 21.1. The van der Waals surface area contributed by atoms with Crippen molar-refractivity contribution in [3.63, 3.8) is 0 Å². The summed E-state index contributed by atoms with van der Waals surface area (Å²) in [6.07, 6.45) is 0.889. The summed E-state index contributed by atoms with van der Waals surface area (Å²) in [5.74, 6) is -1.94. The molecule has 0 rings (SSSR count). The summed E-state index contributed by atoms with van der Waals surface area (Å²) in [6.45, 7) is 21.7. The van der Waals surface area contributed by atoms with E-state index in [0.29, 0.717) is 112 Å². The second-order valence-corrected chi connectivity index (χ2v) is 16.6. The van der Waals surface area contributed by atoms with Gasteiger partial charge in [-0.05, 0) is 88.0 Å². The molecule has 0 aliphatic rings. The molecule has 0 heterocycles. The van der Waals surface area contributed by atoms with Crippen LogP contribution >= 0.6 is 0 Å². The van der Waals surface area contributed by atoms with Gasteiger partial charge in [0.15, 0.2) is 0 Å². The number of hydrogen-bond donors (Lipinski definition) is 5. The monoisotopic (exact) mass is 883 g/mol. The molecular formula is C41H78N4O16. The molecule has 0 spiro atoms. The van der Waals surface area contributed by atoms with Crippen LogP contribution in [0.25, 0.3) is 0 Å². The minimum atomic E-state index is -1.19. The number of rotatable bonds is 35. The van der Waals surface area contributed by atoms with E-state index in [-0.39, 0.29) is 38.4 Å². The van der Waals surface area contributed by atoms with E-state index in [0.717, 1.165) is 0 Å². The molecule has 61 heavy (non-hydrogen) atoms. The van der Waals surface area contributed by atoms with Gasteiger partial charge in [0.25, 0.3) is 0 Å². The zero-order chi connectivity index (χ0) is 46.0. The zero-order valence-electron chi connectivity index (χ0n) is 38.3. The van der Waals surface area contributed by atoms with Crippen molar-refractivity contribution in [2.75, 3.05) is 112 Å². The highest BCUT2D eigenvalue weighted by Gasteiger charge is 2.31. The van der Waals surface area contributed by atoms with Gasteiger partial charge in [0, 0.05) is 19.5 Å². The summed E-state index contributed by atoms with van der Waals surface area (Å²) in [4.78, 5) is 63.7. The summed E-state index contributed by atoms with van der Waals surface area (Å²) in [5, 5.41) is 19.2. The molecule has 0 unspecified atom stereocenters. The smallest absolute Gasteiger partial charge is 0.329 e. The Labute approximate surface area is 362 Å². The Morgan fingerprint density at radius 2 is 0.803 bits per heavy atom. The lowest BCUT2D eigenvalue weighted by Crippen LogP contribution is -2.53. The summed E-state index contributed by atoms with van der Waals surface area (Å²) >= 11 is 0. The molecule has 0 aliphatic heterocycles. The van der Waals surface area contributed by atoms with Gasteiger partial charge in [0.1, 0.15) is 28.9 Å². The van der Waals surface area contributed by atoms with Crippen LogP contribution < -0.4 is 21.3 Å². The molecule has 20 nitrogen and oxygen atoms in total. The fourth-order valence-electron chi connectivity index (χ4n) is 4.72. The maximum Gasteiger partial charge on any atom is 0.329 e. The predicted molar refractivity (Wildman–Crippen MR) is 224 cm³/mol. The minimum absolute atomic E-state index is 0.000723. The quantitative estimate of drug-likeness (QED) is 0.0349. The third-order valence-electron chi connectivity index (χ3n) is 7.26. The fourth-order valence-corrected chi connectivity index (χ4v) is 4.72. The molecule has 0 aliphatic carbocycles. The van der Waals surface area contributed by atoms with Crippen LogP contribution in [-0.2, 0) is 61.8 Å². The highest BCUT2D eigenvalue weighted by molar-refractivity contribution is 5.87. The van der Waals surface area contributed by atoms with Crippen LogP contribution in [0.3, 0.4) is 0 Å². The maximum atomic E-state index is 13.1. The number of unbranched alkanes of at least 4 members (excludes halogenated alkanes) is 1. The standard InChI is InChI=1S/C41H78N4O16/c1-39(2,3)59-34(47)14-13-33(36(49)61-41(7,8)9)45-38(51)44-32(35(48)60-40(4,5)6)12-10-11-15-42-37(50)43-16-18-52-20-22-54-24-26-56-28-30-58-31-29-57-27-25-55-23-21-53-19-17-46/h32-33,46H,10-31H2,1-9H3,(H2,42,43,50)(H2,44,45,51)/t32-,33-/m0/s1. The van der Waals surface area contributed by atoms with Gasteiger partial charge in [0.2, 0.25) is 0 Å². The number of nitrogens with one attached hydrogen (secondary N) is 4. The lowest BCUT2D eigenvalue weighted by Gasteiger charge is -2.27. The van der Waals surface area contributed by atoms with Crippen molar-refractivity contribution in [3.05, 3.63) is 0 Å². The molecule has 5 N–H and O–H groups in total. The van der Waals surface area contributed by atoms with E-state index < -0.39 is 52.8 Å². The molecular weight excluding hydrogens is 804 g/mol. The van der Waals surface area contributed by atoms with Crippen LogP contribution in [0, 0.1) is 0 Å². The molecule has 358 valence electrons. The van der Waals surface area contributed by atoms with Gasteiger partial charge >= 0.3 is 30.0 Å². The maximum absolute atomic E-state index is 13.1. The molecule has 0 saturated heterocycles. The SMILES string of the molecule is CC(C)(C)OC(=O)CC[C@H](NC(=O)N[C@@H](CCCCNC(=O)NCCOCCOCCOCCOCCOCCOCCOCCO)C(=O)OC(C)(C)C)C(=O)OC(C)(C)C. The average molecular weight is 883 g/mol. The first kappa shape index (κ1) is 57.6. The number of aliphatic hydroxyl groups is 1. The normalized spacial score (nSPS) is 12.9. The largest absolute Gasteiger partial charge is 0.460 e. The molecule has 0 fully saturated rings. The van der Waals surface area contributed by atoms with E-state index in [9.17, 15) is 24.0 Å².